The van der Waals surface area contributed by atoms with E-state index in [1.807, 2.05) is 50.2 Å². The van der Waals surface area contributed by atoms with Crippen LogP contribution in [0.5, 0.6) is 0 Å². The SMILES string of the molecule is CC(C)C[C@H](NC(=O)c1ccc(-c2ccccc2)[nH]1)C(=O)O. The van der Waals surface area contributed by atoms with Crippen molar-refractivity contribution < 1.29 is 14.7 Å². The van der Waals surface area contributed by atoms with E-state index in [0.29, 0.717) is 12.1 Å². The number of H-pyrrole nitrogens is 1. The smallest absolute Gasteiger partial charge is 0.326 e. The molecule has 0 radical (unpaired) electrons. The Kier molecular flexibility index (Phi) is 4.99. The highest BCUT2D eigenvalue weighted by Crippen LogP contribution is 2.18. The van der Waals surface area contributed by atoms with Gasteiger partial charge in [0.1, 0.15) is 11.7 Å². The second-order valence-electron chi connectivity index (χ2n) is 5.65. The maximum atomic E-state index is 12.2. The van der Waals surface area contributed by atoms with Crippen LogP contribution in [0.3, 0.4) is 0 Å². The number of aromatic nitrogens is 1. The van der Waals surface area contributed by atoms with Gasteiger partial charge in [-0.1, -0.05) is 44.2 Å². The van der Waals surface area contributed by atoms with E-state index in [2.05, 4.69) is 10.3 Å². The van der Waals surface area contributed by atoms with Gasteiger partial charge in [-0.05, 0) is 30.0 Å². The molecule has 0 spiro atoms. The minimum absolute atomic E-state index is 0.185. The average Bonchev–Trinajstić information content (AvgIpc) is 2.96. The van der Waals surface area contributed by atoms with Gasteiger partial charge in [0, 0.05) is 5.69 Å². The molecule has 0 saturated heterocycles. The van der Waals surface area contributed by atoms with Gasteiger partial charge >= 0.3 is 5.97 Å². The maximum Gasteiger partial charge on any atom is 0.326 e. The van der Waals surface area contributed by atoms with Gasteiger partial charge in [0.2, 0.25) is 0 Å². The van der Waals surface area contributed by atoms with Crippen molar-refractivity contribution >= 4 is 11.9 Å². The average molecular weight is 300 g/mol. The van der Waals surface area contributed by atoms with E-state index in [9.17, 15) is 14.7 Å². The van der Waals surface area contributed by atoms with Gasteiger partial charge in [0.25, 0.3) is 5.91 Å². The number of rotatable bonds is 6. The molecule has 0 aliphatic rings. The van der Waals surface area contributed by atoms with E-state index >= 15 is 0 Å². The summed E-state index contributed by atoms with van der Waals surface area (Å²) in [4.78, 5) is 26.4. The highest BCUT2D eigenvalue weighted by molar-refractivity contribution is 5.95. The van der Waals surface area contributed by atoms with Gasteiger partial charge in [-0.3, -0.25) is 4.79 Å². The number of nitrogens with one attached hydrogen (secondary N) is 2. The van der Waals surface area contributed by atoms with Crippen LogP contribution in [-0.2, 0) is 4.79 Å². The van der Waals surface area contributed by atoms with Crippen molar-refractivity contribution in [2.45, 2.75) is 26.3 Å². The zero-order valence-corrected chi connectivity index (χ0v) is 12.7. The minimum Gasteiger partial charge on any atom is -0.480 e. The van der Waals surface area contributed by atoms with Crippen molar-refractivity contribution in [2.24, 2.45) is 5.92 Å². The Morgan fingerprint density at radius 2 is 1.82 bits per heavy atom. The number of hydrogen-bond donors (Lipinski definition) is 3. The topological polar surface area (TPSA) is 82.2 Å². The molecule has 116 valence electrons. The van der Waals surface area contributed by atoms with Crippen LogP contribution in [0.4, 0.5) is 0 Å². The molecule has 0 bridgehead atoms. The van der Waals surface area contributed by atoms with E-state index in [-0.39, 0.29) is 5.92 Å². The monoisotopic (exact) mass is 300 g/mol. The molecule has 3 N–H and O–H groups in total. The number of amides is 1. The van der Waals surface area contributed by atoms with Crippen LogP contribution >= 0.6 is 0 Å². The largest absolute Gasteiger partial charge is 0.480 e. The number of hydrogen-bond acceptors (Lipinski definition) is 2. The third-order valence-electron chi connectivity index (χ3n) is 3.33. The number of benzene rings is 1. The summed E-state index contributed by atoms with van der Waals surface area (Å²) in [6, 6.07) is 12.2. The standard InChI is InChI=1S/C17H20N2O3/c1-11(2)10-15(17(21)22)19-16(20)14-9-8-13(18-14)12-6-4-3-5-7-12/h3-9,11,15,18H,10H2,1-2H3,(H,19,20)(H,21,22)/t15-/m0/s1. The molecule has 0 unspecified atom stereocenters. The van der Waals surface area contributed by atoms with E-state index in [1.54, 1.807) is 6.07 Å². The lowest BCUT2D eigenvalue weighted by Gasteiger charge is -2.15. The van der Waals surface area contributed by atoms with Crippen molar-refractivity contribution in [3.8, 4) is 11.3 Å². The van der Waals surface area contributed by atoms with Crippen molar-refractivity contribution in [1.29, 1.82) is 0 Å². The van der Waals surface area contributed by atoms with Crippen LogP contribution in [0.15, 0.2) is 42.5 Å². The normalized spacial score (nSPS) is 12.1. The molecule has 5 heteroatoms. The van der Waals surface area contributed by atoms with Crippen molar-refractivity contribution in [1.82, 2.24) is 10.3 Å². The Morgan fingerprint density at radius 1 is 1.14 bits per heavy atom. The molecule has 1 atom stereocenters. The summed E-state index contributed by atoms with van der Waals surface area (Å²) in [6.45, 7) is 3.84. The van der Waals surface area contributed by atoms with Crippen molar-refractivity contribution in [3.63, 3.8) is 0 Å². The van der Waals surface area contributed by atoms with E-state index < -0.39 is 17.9 Å². The first kappa shape index (κ1) is 15.8. The molecular weight excluding hydrogens is 280 g/mol. The highest BCUT2D eigenvalue weighted by Gasteiger charge is 2.22. The molecule has 5 nitrogen and oxygen atoms in total. The Labute approximate surface area is 129 Å². The van der Waals surface area contributed by atoms with Crippen LogP contribution in [-0.4, -0.2) is 28.0 Å². The molecule has 2 aromatic rings. The lowest BCUT2D eigenvalue weighted by atomic mass is 10.0. The first-order valence-corrected chi connectivity index (χ1v) is 7.25. The summed E-state index contributed by atoms with van der Waals surface area (Å²) in [6.07, 6.45) is 0.396. The molecule has 1 aromatic heterocycles. The molecule has 22 heavy (non-hydrogen) atoms. The van der Waals surface area contributed by atoms with E-state index in [4.69, 9.17) is 0 Å². The molecule has 0 aliphatic heterocycles. The molecule has 2 rings (SSSR count). The molecule has 1 heterocycles. The fourth-order valence-corrected chi connectivity index (χ4v) is 2.24. The van der Waals surface area contributed by atoms with Crippen LogP contribution in [0.2, 0.25) is 0 Å². The molecule has 1 amide bonds. The fourth-order valence-electron chi connectivity index (χ4n) is 2.24. The van der Waals surface area contributed by atoms with Gasteiger partial charge in [0.05, 0.1) is 0 Å². The third kappa shape index (κ3) is 3.97. The number of aliphatic carboxylic acids is 1. The molecule has 1 aromatic carbocycles. The summed E-state index contributed by atoms with van der Waals surface area (Å²) < 4.78 is 0. The van der Waals surface area contributed by atoms with Crippen LogP contribution < -0.4 is 5.32 Å². The van der Waals surface area contributed by atoms with Gasteiger partial charge in [0.15, 0.2) is 0 Å². The maximum absolute atomic E-state index is 12.2. The molecular formula is C17H20N2O3. The number of carboxylic acids is 1. The number of carbonyl (C=O) groups excluding carboxylic acids is 1. The van der Waals surface area contributed by atoms with Crippen LogP contribution in [0.1, 0.15) is 30.8 Å². The second-order valence-corrected chi connectivity index (χ2v) is 5.65. The zero-order valence-electron chi connectivity index (χ0n) is 12.7. The summed E-state index contributed by atoms with van der Waals surface area (Å²) in [7, 11) is 0. The van der Waals surface area contributed by atoms with E-state index in [0.717, 1.165) is 11.3 Å². The van der Waals surface area contributed by atoms with Crippen molar-refractivity contribution in [2.75, 3.05) is 0 Å². The second kappa shape index (κ2) is 6.93. The van der Waals surface area contributed by atoms with E-state index in [1.165, 1.54) is 0 Å². The zero-order chi connectivity index (χ0) is 16.1. The highest BCUT2D eigenvalue weighted by atomic mass is 16.4. The number of carboxylic acid groups (broad SMARTS) is 1. The number of aromatic amines is 1. The van der Waals surface area contributed by atoms with Gasteiger partial charge < -0.3 is 15.4 Å². The van der Waals surface area contributed by atoms with Gasteiger partial charge in [-0.25, -0.2) is 4.79 Å². The summed E-state index contributed by atoms with van der Waals surface area (Å²) in [5, 5.41) is 11.7. The lowest BCUT2D eigenvalue weighted by Crippen LogP contribution is -2.41. The van der Waals surface area contributed by atoms with Gasteiger partial charge in [-0.2, -0.15) is 0 Å². The summed E-state index contributed by atoms with van der Waals surface area (Å²) in [5.41, 5.74) is 2.15. The molecule has 0 aliphatic carbocycles. The predicted octanol–water partition coefficient (Wildman–Crippen LogP) is 2.91. The first-order chi connectivity index (χ1) is 10.5. The Hall–Kier alpha value is -2.56. The Morgan fingerprint density at radius 3 is 2.41 bits per heavy atom. The minimum atomic E-state index is -1.02. The lowest BCUT2D eigenvalue weighted by molar-refractivity contribution is -0.139. The Bertz CT molecular complexity index is 647. The molecule has 0 saturated carbocycles. The predicted molar refractivity (Wildman–Crippen MR) is 84.6 cm³/mol. The first-order valence-electron chi connectivity index (χ1n) is 7.25. The molecule has 0 fully saturated rings. The third-order valence-corrected chi connectivity index (χ3v) is 3.33. The van der Waals surface area contributed by atoms with Crippen molar-refractivity contribution in [3.05, 3.63) is 48.2 Å². The fraction of sp³-hybridized carbons (Fsp3) is 0.294. The Balaban J connectivity index is 2.10. The number of carbonyl (C=O) groups is 2. The summed E-state index contributed by atoms with van der Waals surface area (Å²) >= 11 is 0. The quantitative estimate of drug-likeness (QED) is 0.767. The van der Waals surface area contributed by atoms with Crippen LogP contribution in [0, 0.1) is 5.92 Å². The van der Waals surface area contributed by atoms with Crippen LogP contribution in [0.25, 0.3) is 11.3 Å². The summed E-state index contributed by atoms with van der Waals surface area (Å²) in [5.74, 6) is -1.24. The van der Waals surface area contributed by atoms with Gasteiger partial charge in [-0.15, -0.1) is 0 Å².